The van der Waals surface area contributed by atoms with E-state index in [2.05, 4.69) is 0 Å². The summed E-state index contributed by atoms with van der Waals surface area (Å²) in [5.74, 6) is -0.219. The van der Waals surface area contributed by atoms with Crippen LogP contribution in [0.25, 0.3) is 0 Å². The highest BCUT2D eigenvalue weighted by Gasteiger charge is 2.23. The lowest BCUT2D eigenvalue weighted by Crippen LogP contribution is -2.24. The number of hydrogen-bond donors (Lipinski definition) is 1. The van der Waals surface area contributed by atoms with Crippen LogP contribution in [0.15, 0.2) is 36.4 Å². The number of Topliss-reactive ketones (excluding diaryl/α,β-unsaturated/α-hetero) is 1. The SMILES string of the molecule is COc1ccc(C(=O)[C@@H](C)OC(=O)c2cc(Cl)c(N)cc2OC)cc1. The lowest BCUT2D eigenvalue weighted by Gasteiger charge is -2.15. The molecule has 0 aliphatic heterocycles. The molecule has 25 heavy (non-hydrogen) atoms. The van der Waals surface area contributed by atoms with E-state index < -0.39 is 12.1 Å². The van der Waals surface area contributed by atoms with Gasteiger partial charge in [0.1, 0.15) is 17.1 Å². The Bertz CT molecular complexity index is 789. The van der Waals surface area contributed by atoms with Gasteiger partial charge in [-0.1, -0.05) is 11.6 Å². The molecule has 2 aromatic carbocycles. The molecule has 0 fully saturated rings. The number of ketones is 1. The number of rotatable bonds is 6. The number of benzene rings is 2. The van der Waals surface area contributed by atoms with Gasteiger partial charge in [-0.05, 0) is 37.3 Å². The van der Waals surface area contributed by atoms with Gasteiger partial charge in [0.15, 0.2) is 6.10 Å². The van der Waals surface area contributed by atoms with E-state index in [9.17, 15) is 9.59 Å². The fourth-order valence-corrected chi connectivity index (χ4v) is 2.33. The summed E-state index contributed by atoms with van der Waals surface area (Å²) in [5, 5.41) is 0.196. The Balaban J connectivity index is 2.16. The zero-order chi connectivity index (χ0) is 18.6. The molecule has 0 unspecified atom stereocenters. The largest absolute Gasteiger partial charge is 0.497 e. The van der Waals surface area contributed by atoms with Crippen molar-refractivity contribution in [2.75, 3.05) is 20.0 Å². The van der Waals surface area contributed by atoms with Crippen LogP contribution in [0.1, 0.15) is 27.6 Å². The predicted molar refractivity (Wildman–Crippen MR) is 94.6 cm³/mol. The smallest absolute Gasteiger partial charge is 0.342 e. The fraction of sp³-hybridized carbons (Fsp3) is 0.222. The second-order valence-electron chi connectivity index (χ2n) is 5.21. The van der Waals surface area contributed by atoms with E-state index in [4.69, 9.17) is 31.5 Å². The zero-order valence-corrected chi connectivity index (χ0v) is 14.8. The van der Waals surface area contributed by atoms with E-state index in [1.54, 1.807) is 24.3 Å². The summed E-state index contributed by atoms with van der Waals surface area (Å²) in [6.45, 7) is 1.50. The first-order valence-corrected chi connectivity index (χ1v) is 7.77. The molecule has 0 aliphatic carbocycles. The molecular weight excluding hydrogens is 346 g/mol. The Morgan fingerprint density at radius 1 is 1.08 bits per heavy atom. The number of anilines is 1. The number of nitrogens with two attached hydrogens (primary N) is 1. The van der Waals surface area contributed by atoms with Crippen molar-refractivity contribution in [2.24, 2.45) is 0 Å². The van der Waals surface area contributed by atoms with E-state index in [1.165, 1.54) is 33.3 Å². The minimum Gasteiger partial charge on any atom is -0.497 e. The van der Waals surface area contributed by atoms with Crippen molar-refractivity contribution in [3.63, 3.8) is 0 Å². The molecule has 0 saturated heterocycles. The molecule has 0 saturated carbocycles. The molecule has 2 aromatic rings. The number of nitrogen functional groups attached to an aromatic ring is 1. The third-order valence-electron chi connectivity index (χ3n) is 3.57. The Morgan fingerprint density at radius 2 is 1.72 bits per heavy atom. The number of halogens is 1. The van der Waals surface area contributed by atoms with Crippen molar-refractivity contribution in [1.29, 1.82) is 0 Å². The highest BCUT2D eigenvalue weighted by molar-refractivity contribution is 6.33. The summed E-state index contributed by atoms with van der Waals surface area (Å²) in [6.07, 6.45) is -0.984. The average molecular weight is 364 g/mol. The minimum absolute atomic E-state index is 0.0936. The van der Waals surface area contributed by atoms with Gasteiger partial charge in [-0.15, -0.1) is 0 Å². The third-order valence-corrected chi connectivity index (χ3v) is 3.89. The monoisotopic (exact) mass is 363 g/mol. The van der Waals surface area contributed by atoms with E-state index in [0.29, 0.717) is 11.3 Å². The molecule has 0 aliphatic rings. The molecule has 132 valence electrons. The van der Waals surface area contributed by atoms with Gasteiger partial charge in [-0.3, -0.25) is 4.79 Å². The highest BCUT2D eigenvalue weighted by atomic mass is 35.5. The molecule has 0 aromatic heterocycles. The Kier molecular flexibility index (Phi) is 5.88. The lowest BCUT2D eigenvalue weighted by molar-refractivity contribution is 0.0316. The maximum absolute atomic E-state index is 12.4. The number of esters is 1. The van der Waals surface area contributed by atoms with Crippen molar-refractivity contribution >= 4 is 29.0 Å². The first-order chi connectivity index (χ1) is 11.9. The van der Waals surface area contributed by atoms with E-state index in [-0.39, 0.29) is 27.8 Å². The molecule has 0 radical (unpaired) electrons. The lowest BCUT2D eigenvalue weighted by atomic mass is 10.1. The summed E-state index contributed by atoms with van der Waals surface area (Å²) in [7, 11) is 2.93. The van der Waals surface area contributed by atoms with E-state index in [0.717, 1.165) is 0 Å². The number of carbonyl (C=O) groups excluding carboxylic acids is 2. The van der Waals surface area contributed by atoms with Crippen LogP contribution in [-0.4, -0.2) is 32.1 Å². The fourth-order valence-electron chi connectivity index (χ4n) is 2.17. The van der Waals surface area contributed by atoms with Crippen LogP contribution in [-0.2, 0) is 4.74 Å². The maximum Gasteiger partial charge on any atom is 0.342 e. The molecule has 0 amide bonds. The number of carbonyl (C=O) groups is 2. The standard InChI is InChI=1S/C18H18ClNO5/c1-10(17(21)11-4-6-12(23-2)7-5-11)25-18(22)13-8-14(19)15(20)9-16(13)24-3/h4-10H,20H2,1-3H3/t10-/m1/s1. The van der Waals surface area contributed by atoms with Gasteiger partial charge >= 0.3 is 5.97 Å². The highest BCUT2D eigenvalue weighted by Crippen LogP contribution is 2.29. The van der Waals surface area contributed by atoms with Crippen LogP contribution >= 0.6 is 11.6 Å². The maximum atomic E-state index is 12.4. The molecule has 1 atom stereocenters. The van der Waals surface area contributed by atoms with E-state index in [1.807, 2.05) is 0 Å². The van der Waals surface area contributed by atoms with Crippen LogP contribution < -0.4 is 15.2 Å². The normalized spacial score (nSPS) is 11.5. The second kappa shape index (κ2) is 7.90. The van der Waals surface area contributed by atoms with Crippen molar-refractivity contribution < 1.29 is 23.8 Å². The first-order valence-electron chi connectivity index (χ1n) is 7.39. The van der Waals surface area contributed by atoms with Gasteiger partial charge in [-0.2, -0.15) is 0 Å². The summed E-state index contributed by atoms with van der Waals surface area (Å²) >= 11 is 5.94. The van der Waals surface area contributed by atoms with Crippen LogP contribution in [0.2, 0.25) is 5.02 Å². The van der Waals surface area contributed by atoms with E-state index >= 15 is 0 Å². The average Bonchev–Trinajstić information content (AvgIpc) is 2.62. The van der Waals surface area contributed by atoms with Crippen molar-refractivity contribution in [2.45, 2.75) is 13.0 Å². The Morgan fingerprint density at radius 3 is 2.28 bits per heavy atom. The number of hydrogen-bond acceptors (Lipinski definition) is 6. The molecule has 6 nitrogen and oxygen atoms in total. The molecule has 0 heterocycles. The van der Waals surface area contributed by atoms with Crippen LogP contribution in [0.3, 0.4) is 0 Å². The third kappa shape index (κ3) is 4.22. The Labute approximate surface area is 150 Å². The number of methoxy groups -OCH3 is 2. The molecular formula is C18H18ClNO5. The van der Waals surface area contributed by atoms with Gasteiger partial charge in [0, 0.05) is 11.6 Å². The van der Waals surface area contributed by atoms with Gasteiger partial charge in [0.2, 0.25) is 5.78 Å². The van der Waals surface area contributed by atoms with Crippen LogP contribution in [0.5, 0.6) is 11.5 Å². The summed E-state index contributed by atoms with van der Waals surface area (Å²) in [4.78, 5) is 24.8. The topological polar surface area (TPSA) is 87.9 Å². The van der Waals surface area contributed by atoms with Crippen molar-refractivity contribution in [3.05, 3.63) is 52.5 Å². The predicted octanol–water partition coefficient (Wildman–Crippen LogP) is 3.37. The zero-order valence-electron chi connectivity index (χ0n) is 14.0. The minimum atomic E-state index is -0.984. The second-order valence-corrected chi connectivity index (χ2v) is 5.62. The quantitative estimate of drug-likeness (QED) is 0.481. The Hall–Kier alpha value is -2.73. The molecule has 0 spiro atoms. The van der Waals surface area contributed by atoms with Crippen LogP contribution in [0, 0.1) is 0 Å². The summed E-state index contributed by atoms with van der Waals surface area (Å²) < 4.78 is 15.4. The summed E-state index contributed by atoms with van der Waals surface area (Å²) in [5.41, 5.74) is 6.46. The number of ether oxygens (including phenoxy) is 3. The van der Waals surface area contributed by atoms with Gasteiger partial charge < -0.3 is 19.9 Å². The molecule has 2 N–H and O–H groups in total. The summed E-state index contributed by atoms with van der Waals surface area (Å²) in [6, 6.07) is 9.30. The molecule has 0 bridgehead atoms. The van der Waals surface area contributed by atoms with Gasteiger partial charge in [-0.25, -0.2) is 4.79 Å². The van der Waals surface area contributed by atoms with Gasteiger partial charge in [0.25, 0.3) is 0 Å². The molecule has 2 rings (SSSR count). The van der Waals surface area contributed by atoms with Crippen LogP contribution in [0.4, 0.5) is 5.69 Å². The molecule has 7 heteroatoms. The first kappa shape index (κ1) is 18.6. The van der Waals surface area contributed by atoms with Crippen molar-refractivity contribution in [1.82, 2.24) is 0 Å². The van der Waals surface area contributed by atoms with Gasteiger partial charge in [0.05, 0.1) is 24.9 Å². The van der Waals surface area contributed by atoms with Crippen molar-refractivity contribution in [3.8, 4) is 11.5 Å².